The molecule has 3 nitrogen and oxygen atoms in total. The summed E-state index contributed by atoms with van der Waals surface area (Å²) in [5.74, 6) is 0.242. The summed E-state index contributed by atoms with van der Waals surface area (Å²) in [7, 11) is 0. The van der Waals surface area contributed by atoms with Crippen LogP contribution in [0.25, 0.3) is 0 Å². The first-order chi connectivity index (χ1) is 8.72. The number of carbonyl (C=O) groups excluding carboxylic acids is 1. The van der Waals surface area contributed by atoms with Crippen LogP contribution in [0.5, 0.6) is 0 Å². The van der Waals surface area contributed by atoms with E-state index in [1.165, 1.54) is 6.08 Å². The predicted octanol–water partition coefficient (Wildman–Crippen LogP) is 2.01. The van der Waals surface area contributed by atoms with Gasteiger partial charge >= 0.3 is 0 Å². The average Bonchev–Trinajstić information content (AvgIpc) is 2.89. The van der Waals surface area contributed by atoms with Crippen molar-refractivity contribution in [2.24, 2.45) is 0 Å². The van der Waals surface area contributed by atoms with E-state index in [2.05, 4.69) is 0 Å². The molecule has 0 aromatic heterocycles. The summed E-state index contributed by atoms with van der Waals surface area (Å²) in [5, 5.41) is 10.6. The summed E-state index contributed by atoms with van der Waals surface area (Å²) in [6.45, 7) is 0.396. The molecule has 0 spiro atoms. The maximum Gasteiger partial charge on any atom is 0.203 e. The Morgan fingerprint density at radius 2 is 2.06 bits per heavy atom. The maximum absolute atomic E-state index is 12.4. The molecule has 1 N–H and O–H groups in total. The number of fused-ring (bicyclic) bond motifs is 1. The van der Waals surface area contributed by atoms with E-state index >= 15 is 0 Å². The first-order valence-corrected chi connectivity index (χ1v) is 5.77. The molecule has 0 radical (unpaired) electrons. The van der Waals surface area contributed by atoms with Crippen LogP contribution in [0, 0.1) is 0 Å². The highest BCUT2D eigenvalue weighted by molar-refractivity contribution is 6.07. The third kappa shape index (κ3) is 1.52. The van der Waals surface area contributed by atoms with E-state index < -0.39 is 5.60 Å². The maximum atomic E-state index is 12.4. The van der Waals surface area contributed by atoms with Gasteiger partial charge < -0.3 is 9.84 Å². The molecule has 1 aliphatic heterocycles. The van der Waals surface area contributed by atoms with Crippen molar-refractivity contribution in [1.82, 2.24) is 0 Å². The Morgan fingerprint density at radius 1 is 1.28 bits per heavy atom. The summed E-state index contributed by atoms with van der Waals surface area (Å²) in [4.78, 5) is 12.4. The van der Waals surface area contributed by atoms with Gasteiger partial charge in [0.1, 0.15) is 12.4 Å². The molecule has 18 heavy (non-hydrogen) atoms. The molecule has 1 aromatic carbocycles. The number of Topliss-reactive ketones (excluding diaryl/α,β-unsaturated/α-hetero) is 1. The fourth-order valence-corrected chi connectivity index (χ4v) is 2.25. The number of allylic oxidation sites excluding steroid dienone is 2. The molecule has 0 bridgehead atoms. The molecule has 1 heterocycles. The van der Waals surface area contributed by atoms with Crippen LogP contribution in [-0.4, -0.2) is 23.1 Å². The highest BCUT2D eigenvalue weighted by atomic mass is 16.5. The second-order valence-corrected chi connectivity index (χ2v) is 4.28. The molecule has 1 unspecified atom stereocenters. The van der Waals surface area contributed by atoms with Crippen molar-refractivity contribution in [3.63, 3.8) is 0 Å². The van der Waals surface area contributed by atoms with Gasteiger partial charge in [-0.1, -0.05) is 36.4 Å². The van der Waals surface area contributed by atoms with Crippen LogP contribution < -0.4 is 0 Å². The minimum absolute atomic E-state index is 0.332. The number of hydrogen-bond donors (Lipinski definition) is 1. The van der Waals surface area contributed by atoms with Gasteiger partial charge in [-0.2, -0.15) is 0 Å². The van der Waals surface area contributed by atoms with Gasteiger partial charge in [-0.3, -0.25) is 4.79 Å². The van der Waals surface area contributed by atoms with E-state index in [0.29, 0.717) is 23.5 Å². The van der Waals surface area contributed by atoms with Crippen LogP contribution in [0.2, 0.25) is 0 Å². The third-order valence-electron chi connectivity index (χ3n) is 3.17. The largest absolute Gasteiger partial charge is 0.489 e. The molecule has 1 aromatic rings. The smallest absolute Gasteiger partial charge is 0.203 e. The van der Waals surface area contributed by atoms with Crippen molar-refractivity contribution in [3.05, 3.63) is 71.5 Å². The van der Waals surface area contributed by atoms with Crippen LogP contribution in [0.3, 0.4) is 0 Å². The summed E-state index contributed by atoms with van der Waals surface area (Å²) < 4.78 is 5.34. The van der Waals surface area contributed by atoms with E-state index in [1.54, 1.807) is 42.5 Å². The Kier molecular flexibility index (Phi) is 2.42. The number of benzene rings is 1. The molecule has 3 heteroatoms. The second-order valence-electron chi connectivity index (χ2n) is 4.28. The van der Waals surface area contributed by atoms with Crippen molar-refractivity contribution in [3.8, 4) is 0 Å². The molecule has 0 fully saturated rings. The van der Waals surface area contributed by atoms with Crippen LogP contribution in [0.1, 0.15) is 10.4 Å². The van der Waals surface area contributed by atoms with E-state index in [9.17, 15) is 9.90 Å². The van der Waals surface area contributed by atoms with E-state index in [0.717, 1.165) is 0 Å². The van der Waals surface area contributed by atoms with Crippen molar-refractivity contribution in [1.29, 1.82) is 0 Å². The number of carbonyl (C=O) groups is 1. The topological polar surface area (TPSA) is 46.5 Å². The summed E-state index contributed by atoms with van der Waals surface area (Å²) in [6, 6.07) is 8.78. The highest BCUT2D eigenvalue weighted by Gasteiger charge is 2.42. The molecule has 90 valence electrons. The van der Waals surface area contributed by atoms with Crippen molar-refractivity contribution in [2.45, 2.75) is 5.60 Å². The Morgan fingerprint density at radius 3 is 2.83 bits per heavy atom. The van der Waals surface area contributed by atoms with Gasteiger partial charge in [-0.15, -0.1) is 0 Å². The normalized spacial score (nSPS) is 24.9. The molecule has 0 saturated heterocycles. The second kappa shape index (κ2) is 3.96. The lowest BCUT2D eigenvalue weighted by molar-refractivity contribution is 0.0633. The zero-order chi connectivity index (χ0) is 12.6. The minimum Gasteiger partial charge on any atom is -0.489 e. The summed E-state index contributed by atoms with van der Waals surface area (Å²) in [5.41, 5.74) is -0.584. The Hall–Kier alpha value is -2.13. The number of ether oxygens (including phenoxy) is 1. The zero-order valence-electron chi connectivity index (χ0n) is 9.67. The third-order valence-corrected chi connectivity index (χ3v) is 3.17. The lowest BCUT2D eigenvalue weighted by Gasteiger charge is -2.27. The number of ketones is 1. The van der Waals surface area contributed by atoms with Gasteiger partial charge in [0.25, 0.3) is 0 Å². The van der Waals surface area contributed by atoms with Crippen LogP contribution >= 0.6 is 0 Å². The van der Waals surface area contributed by atoms with Gasteiger partial charge in [0.2, 0.25) is 5.78 Å². The fourth-order valence-electron chi connectivity index (χ4n) is 2.25. The van der Waals surface area contributed by atoms with Gasteiger partial charge in [-0.05, 0) is 18.2 Å². The monoisotopic (exact) mass is 240 g/mol. The fraction of sp³-hybridized carbons (Fsp3) is 0.133. The lowest BCUT2D eigenvalue weighted by atomic mass is 9.82. The number of rotatable bonds is 2. The number of aliphatic hydroxyl groups is 1. The van der Waals surface area contributed by atoms with Crippen LogP contribution in [0.15, 0.2) is 66.0 Å². The quantitative estimate of drug-likeness (QED) is 0.804. The number of hydrogen-bond acceptors (Lipinski definition) is 3. The van der Waals surface area contributed by atoms with Gasteiger partial charge in [0, 0.05) is 11.1 Å². The van der Waals surface area contributed by atoms with Gasteiger partial charge in [0.15, 0.2) is 5.60 Å². The predicted molar refractivity (Wildman–Crippen MR) is 67.0 cm³/mol. The minimum atomic E-state index is -1.61. The molecule has 3 rings (SSSR count). The first kappa shape index (κ1) is 11.0. The van der Waals surface area contributed by atoms with Crippen LogP contribution in [-0.2, 0) is 4.74 Å². The zero-order valence-corrected chi connectivity index (χ0v) is 9.67. The van der Waals surface area contributed by atoms with Crippen molar-refractivity contribution >= 4 is 5.78 Å². The van der Waals surface area contributed by atoms with Crippen LogP contribution in [0.4, 0.5) is 0 Å². The Bertz CT molecular complexity index is 581. The van der Waals surface area contributed by atoms with Crippen molar-refractivity contribution < 1.29 is 14.6 Å². The van der Waals surface area contributed by atoms with E-state index in [4.69, 9.17) is 4.74 Å². The van der Waals surface area contributed by atoms with E-state index in [1.807, 2.05) is 6.07 Å². The average molecular weight is 240 g/mol. The lowest BCUT2D eigenvalue weighted by Crippen LogP contribution is -2.39. The van der Waals surface area contributed by atoms with E-state index in [-0.39, 0.29) is 5.78 Å². The molecule has 0 amide bonds. The molecular weight excluding hydrogens is 228 g/mol. The Labute approximate surface area is 105 Å². The van der Waals surface area contributed by atoms with Gasteiger partial charge in [0.05, 0.1) is 0 Å². The molecule has 1 aliphatic carbocycles. The highest BCUT2D eigenvalue weighted by Crippen LogP contribution is 2.35. The first-order valence-electron chi connectivity index (χ1n) is 5.77. The molecule has 1 atom stereocenters. The van der Waals surface area contributed by atoms with Crippen molar-refractivity contribution in [2.75, 3.05) is 6.61 Å². The van der Waals surface area contributed by atoms with Gasteiger partial charge in [-0.25, -0.2) is 0 Å². The standard InChI is InChI=1S/C15H12O3/c16-14(11-5-2-1-3-6-11)15(17)9-4-7-13-12(15)8-10-18-13/h1-9,17H,10H2. The molecular formula is C15H12O3. The SMILES string of the molecule is O=C(c1ccccc1)C1(O)C=CC=C2OCC=C21. The molecule has 0 saturated carbocycles. The molecule has 2 aliphatic rings. The summed E-state index contributed by atoms with van der Waals surface area (Å²) in [6.07, 6.45) is 6.66. The Balaban J connectivity index is 2.04. The summed E-state index contributed by atoms with van der Waals surface area (Å²) >= 11 is 0.